The van der Waals surface area contributed by atoms with Crippen molar-refractivity contribution >= 4 is 27.3 Å². The van der Waals surface area contributed by atoms with Gasteiger partial charge in [0.25, 0.3) is 0 Å². The lowest BCUT2D eigenvalue weighted by molar-refractivity contribution is -0.117. The standard InChI is InChI=1S/C18H20N2O3S/c1-12-6-5-7-13(10-12)14-11-15(14)18(21)19-16-8-3-4-9-17(16)20-24(2,22)23/h3-10,14-15,20H,11H2,1-2H3,(H,19,21). The third-order valence-electron chi connectivity index (χ3n) is 4.08. The fourth-order valence-corrected chi connectivity index (χ4v) is 3.44. The van der Waals surface area contributed by atoms with Crippen molar-refractivity contribution in [2.24, 2.45) is 5.92 Å². The third-order valence-corrected chi connectivity index (χ3v) is 4.67. The van der Waals surface area contributed by atoms with Crippen molar-refractivity contribution in [3.05, 3.63) is 59.7 Å². The maximum atomic E-state index is 12.5. The summed E-state index contributed by atoms with van der Waals surface area (Å²) in [4.78, 5) is 12.5. The van der Waals surface area contributed by atoms with Crippen LogP contribution in [0.2, 0.25) is 0 Å². The van der Waals surface area contributed by atoms with E-state index in [9.17, 15) is 13.2 Å². The van der Waals surface area contributed by atoms with Gasteiger partial charge in [0, 0.05) is 5.92 Å². The molecule has 2 aromatic carbocycles. The lowest BCUT2D eigenvalue weighted by Crippen LogP contribution is -2.17. The van der Waals surface area contributed by atoms with Gasteiger partial charge in [-0.15, -0.1) is 0 Å². The molecule has 6 heteroatoms. The molecule has 126 valence electrons. The molecule has 0 heterocycles. The van der Waals surface area contributed by atoms with Crippen molar-refractivity contribution < 1.29 is 13.2 Å². The summed E-state index contributed by atoms with van der Waals surface area (Å²) in [6.07, 6.45) is 1.90. The molecule has 24 heavy (non-hydrogen) atoms. The van der Waals surface area contributed by atoms with Gasteiger partial charge in [0.1, 0.15) is 0 Å². The molecular formula is C18H20N2O3S. The van der Waals surface area contributed by atoms with Crippen LogP contribution in [0.15, 0.2) is 48.5 Å². The zero-order valence-corrected chi connectivity index (χ0v) is 14.4. The molecule has 2 aromatic rings. The molecule has 0 radical (unpaired) electrons. The van der Waals surface area contributed by atoms with Crippen LogP contribution < -0.4 is 10.0 Å². The average Bonchev–Trinajstić information content (AvgIpc) is 3.28. The van der Waals surface area contributed by atoms with Crippen molar-refractivity contribution in [3.8, 4) is 0 Å². The van der Waals surface area contributed by atoms with E-state index in [4.69, 9.17) is 0 Å². The highest BCUT2D eigenvalue weighted by molar-refractivity contribution is 7.92. The van der Waals surface area contributed by atoms with E-state index in [-0.39, 0.29) is 17.7 Å². The number of sulfonamides is 1. The highest BCUT2D eigenvalue weighted by Gasteiger charge is 2.44. The van der Waals surface area contributed by atoms with Gasteiger partial charge >= 0.3 is 0 Å². The van der Waals surface area contributed by atoms with Gasteiger partial charge < -0.3 is 5.32 Å². The first kappa shape index (κ1) is 16.5. The summed E-state index contributed by atoms with van der Waals surface area (Å²) in [5.74, 6) is 0.0854. The molecule has 1 saturated carbocycles. The Morgan fingerprint density at radius 2 is 1.79 bits per heavy atom. The minimum Gasteiger partial charge on any atom is -0.324 e. The first-order valence-electron chi connectivity index (χ1n) is 7.78. The van der Waals surface area contributed by atoms with Crippen molar-refractivity contribution in [3.63, 3.8) is 0 Å². The average molecular weight is 344 g/mol. The van der Waals surface area contributed by atoms with Crippen LogP contribution in [0.25, 0.3) is 0 Å². The monoisotopic (exact) mass is 344 g/mol. The quantitative estimate of drug-likeness (QED) is 0.875. The normalized spacial score (nSPS) is 19.6. The van der Waals surface area contributed by atoms with E-state index in [0.717, 1.165) is 12.7 Å². The summed E-state index contributed by atoms with van der Waals surface area (Å²) in [6.45, 7) is 2.04. The van der Waals surface area contributed by atoms with E-state index in [1.807, 2.05) is 25.1 Å². The van der Waals surface area contributed by atoms with Crippen LogP contribution in [-0.2, 0) is 14.8 Å². The summed E-state index contributed by atoms with van der Waals surface area (Å²) in [7, 11) is -3.40. The third kappa shape index (κ3) is 3.94. The number of hydrogen-bond acceptors (Lipinski definition) is 3. The Bertz CT molecular complexity index is 877. The van der Waals surface area contributed by atoms with Crippen LogP contribution >= 0.6 is 0 Å². The number of aryl methyl sites for hydroxylation is 1. The summed E-state index contributed by atoms with van der Waals surface area (Å²) >= 11 is 0. The lowest BCUT2D eigenvalue weighted by atomic mass is 10.1. The number of rotatable bonds is 5. The van der Waals surface area contributed by atoms with Gasteiger partial charge in [-0.2, -0.15) is 0 Å². The molecular weight excluding hydrogens is 324 g/mol. The maximum Gasteiger partial charge on any atom is 0.229 e. The van der Waals surface area contributed by atoms with Gasteiger partial charge in [-0.25, -0.2) is 8.42 Å². The maximum absolute atomic E-state index is 12.5. The fraction of sp³-hybridized carbons (Fsp3) is 0.278. The second kappa shape index (κ2) is 6.28. The molecule has 0 spiro atoms. The Balaban J connectivity index is 1.71. The Kier molecular flexibility index (Phi) is 4.32. The largest absolute Gasteiger partial charge is 0.324 e. The lowest BCUT2D eigenvalue weighted by Gasteiger charge is -2.12. The van der Waals surface area contributed by atoms with E-state index < -0.39 is 10.0 Å². The SMILES string of the molecule is Cc1cccc(C2CC2C(=O)Nc2ccccc2NS(C)(=O)=O)c1. The molecule has 2 atom stereocenters. The first-order chi connectivity index (χ1) is 11.3. The minimum atomic E-state index is -3.40. The minimum absolute atomic E-state index is 0.0712. The molecule has 1 aliphatic rings. The first-order valence-corrected chi connectivity index (χ1v) is 9.67. The predicted molar refractivity (Wildman–Crippen MR) is 95.6 cm³/mol. The topological polar surface area (TPSA) is 75.3 Å². The highest BCUT2D eigenvalue weighted by Crippen LogP contribution is 2.48. The van der Waals surface area contributed by atoms with Gasteiger partial charge in [0.05, 0.1) is 17.6 Å². The Morgan fingerprint density at radius 3 is 2.46 bits per heavy atom. The molecule has 2 unspecified atom stereocenters. The van der Waals surface area contributed by atoms with Crippen molar-refractivity contribution in [1.82, 2.24) is 0 Å². The fourth-order valence-electron chi connectivity index (χ4n) is 2.86. The number of benzene rings is 2. The van der Waals surface area contributed by atoms with Gasteiger partial charge in [-0.05, 0) is 37.0 Å². The van der Waals surface area contributed by atoms with Crippen LogP contribution in [0.3, 0.4) is 0 Å². The highest BCUT2D eigenvalue weighted by atomic mass is 32.2. The molecule has 5 nitrogen and oxygen atoms in total. The molecule has 1 amide bonds. The van der Waals surface area contributed by atoms with Crippen molar-refractivity contribution in [1.29, 1.82) is 0 Å². The molecule has 2 N–H and O–H groups in total. The van der Waals surface area contributed by atoms with Gasteiger partial charge in [0.15, 0.2) is 0 Å². The molecule has 3 rings (SSSR count). The van der Waals surface area contributed by atoms with Crippen molar-refractivity contribution in [2.75, 3.05) is 16.3 Å². The smallest absolute Gasteiger partial charge is 0.229 e. The summed E-state index contributed by atoms with van der Waals surface area (Å²) < 4.78 is 25.3. The van der Waals surface area contributed by atoms with E-state index in [1.165, 1.54) is 11.1 Å². The zero-order chi connectivity index (χ0) is 17.3. The summed E-state index contributed by atoms with van der Waals surface area (Å²) in [5, 5.41) is 2.84. The van der Waals surface area contributed by atoms with Crippen LogP contribution in [0.4, 0.5) is 11.4 Å². The van der Waals surface area contributed by atoms with Crippen LogP contribution in [-0.4, -0.2) is 20.6 Å². The number of hydrogen-bond donors (Lipinski definition) is 2. The second-order valence-electron chi connectivity index (χ2n) is 6.27. The molecule has 1 fully saturated rings. The van der Waals surface area contributed by atoms with Crippen LogP contribution in [0.5, 0.6) is 0 Å². The van der Waals surface area contributed by atoms with Crippen molar-refractivity contribution in [2.45, 2.75) is 19.3 Å². The Morgan fingerprint density at radius 1 is 1.08 bits per heavy atom. The van der Waals surface area contributed by atoms with Gasteiger partial charge in [0.2, 0.25) is 15.9 Å². The van der Waals surface area contributed by atoms with E-state index in [2.05, 4.69) is 16.1 Å². The number of carbonyl (C=O) groups excluding carboxylic acids is 1. The second-order valence-corrected chi connectivity index (χ2v) is 8.02. The van der Waals surface area contributed by atoms with Gasteiger partial charge in [-0.1, -0.05) is 42.0 Å². The molecule has 0 aromatic heterocycles. The molecule has 0 saturated heterocycles. The zero-order valence-electron chi connectivity index (χ0n) is 13.6. The Labute approximate surface area is 142 Å². The summed E-state index contributed by atoms with van der Waals surface area (Å²) in [6, 6.07) is 15.0. The summed E-state index contributed by atoms with van der Waals surface area (Å²) in [5.41, 5.74) is 3.21. The van der Waals surface area contributed by atoms with E-state index in [0.29, 0.717) is 11.4 Å². The van der Waals surface area contributed by atoms with Crippen LogP contribution in [0, 0.1) is 12.8 Å². The number of anilines is 2. The number of amides is 1. The predicted octanol–water partition coefficient (Wildman–Crippen LogP) is 3.11. The number of nitrogens with one attached hydrogen (secondary N) is 2. The molecule has 0 aliphatic heterocycles. The number of carbonyl (C=O) groups is 1. The molecule has 0 bridgehead atoms. The Hall–Kier alpha value is -2.34. The molecule has 1 aliphatic carbocycles. The van der Waals surface area contributed by atoms with Gasteiger partial charge in [-0.3, -0.25) is 9.52 Å². The number of para-hydroxylation sites is 2. The van der Waals surface area contributed by atoms with E-state index in [1.54, 1.807) is 24.3 Å². The van der Waals surface area contributed by atoms with E-state index >= 15 is 0 Å². The van der Waals surface area contributed by atoms with Crippen LogP contribution in [0.1, 0.15) is 23.5 Å².